The Morgan fingerprint density at radius 3 is 2.65 bits per heavy atom. The Labute approximate surface area is 136 Å². The topological polar surface area (TPSA) is 78.5 Å². The van der Waals surface area contributed by atoms with Crippen molar-refractivity contribution in [3.8, 4) is 0 Å². The number of imide groups is 1. The van der Waals surface area contributed by atoms with Gasteiger partial charge in [-0.15, -0.1) is 0 Å². The molecule has 6 heteroatoms. The largest absolute Gasteiger partial charge is 0.326 e. The van der Waals surface area contributed by atoms with Gasteiger partial charge in [0.15, 0.2) is 0 Å². The minimum Gasteiger partial charge on any atom is -0.326 e. The van der Waals surface area contributed by atoms with E-state index in [1.165, 1.54) is 0 Å². The molecule has 4 amide bonds. The van der Waals surface area contributed by atoms with Gasteiger partial charge < -0.3 is 10.6 Å². The Morgan fingerprint density at radius 1 is 1.30 bits per heavy atom. The molecule has 2 N–H and O–H groups in total. The molecule has 0 spiro atoms. The molecule has 0 saturated carbocycles. The van der Waals surface area contributed by atoms with E-state index in [-0.39, 0.29) is 24.3 Å². The molecule has 0 radical (unpaired) electrons. The van der Waals surface area contributed by atoms with Crippen molar-refractivity contribution in [1.29, 1.82) is 0 Å². The van der Waals surface area contributed by atoms with Crippen LogP contribution in [0.3, 0.4) is 0 Å². The minimum atomic E-state index is -0.531. The maximum absolute atomic E-state index is 12.2. The summed E-state index contributed by atoms with van der Waals surface area (Å²) in [6.07, 6.45) is 0.569. The molecule has 23 heavy (non-hydrogen) atoms. The summed E-state index contributed by atoms with van der Waals surface area (Å²) in [6.45, 7) is 7.56. The molecule has 1 aromatic rings. The fraction of sp³-hybridized carbons (Fsp3) is 0.471. The summed E-state index contributed by atoms with van der Waals surface area (Å²) in [7, 11) is 0. The second kappa shape index (κ2) is 6.81. The number of rotatable bonds is 5. The van der Waals surface area contributed by atoms with Crippen molar-refractivity contribution in [2.75, 3.05) is 11.9 Å². The van der Waals surface area contributed by atoms with E-state index >= 15 is 0 Å². The van der Waals surface area contributed by atoms with Crippen LogP contribution < -0.4 is 10.6 Å². The van der Waals surface area contributed by atoms with Crippen LogP contribution in [0.25, 0.3) is 0 Å². The average molecular weight is 317 g/mol. The van der Waals surface area contributed by atoms with Gasteiger partial charge in [-0.25, -0.2) is 4.79 Å². The van der Waals surface area contributed by atoms with E-state index in [1.54, 1.807) is 6.07 Å². The van der Waals surface area contributed by atoms with Crippen LogP contribution in [0.2, 0.25) is 0 Å². The second-order valence-electron chi connectivity index (χ2n) is 6.35. The molecule has 6 nitrogen and oxygen atoms in total. The van der Waals surface area contributed by atoms with Gasteiger partial charge in [0.25, 0.3) is 5.91 Å². The summed E-state index contributed by atoms with van der Waals surface area (Å²) in [5, 5.41) is 5.39. The van der Waals surface area contributed by atoms with E-state index in [2.05, 4.69) is 10.6 Å². The third-order valence-corrected chi connectivity index (χ3v) is 3.99. The number of hydrogen-bond acceptors (Lipinski definition) is 3. The smallest absolute Gasteiger partial charge is 0.325 e. The van der Waals surface area contributed by atoms with Gasteiger partial charge in [-0.05, 0) is 43.4 Å². The number of amides is 4. The lowest BCUT2D eigenvalue weighted by Gasteiger charge is -2.15. The molecule has 1 heterocycles. The summed E-state index contributed by atoms with van der Waals surface area (Å²) in [5.74, 6) is -0.430. The van der Waals surface area contributed by atoms with Crippen molar-refractivity contribution in [1.82, 2.24) is 10.2 Å². The van der Waals surface area contributed by atoms with E-state index < -0.39 is 12.1 Å². The fourth-order valence-electron chi connectivity index (χ4n) is 2.58. The van der Waals surface area contributed by atoms with Crippen molar-refractivity contribution >= 4 is 23.5 Å². The van der Waals surface area contributed by atoms with Gasteiger partial charge in [0, 0.05) is 5.69 Å². The van der Waals surface area contributed by atoms with E-state index in [9.17, 15) is 14.4 Å². The van der Waals surface area contributed by atoms with Gasteiger partial charge >= 0.3 is 6.03 Å². The first-order valence-electron chi connectivity index (χ1n) is 7.77. The predicted molar refractivity (Wildman–Crippen MR) is 88.0 cm³/mol. The lowest BCUT2D eigenvalue weighted by Crippen LogP contribution is -2.38. The molecule has 1 aromatic carbocycles. The van der Waals surface area contributed by atoms with Gasteiger partial charge in [-0.1, -0.05) is 26.0 Å². The van der Waals surface area contributed by atoms with Crippen LogP contribution in [-0.4, -0.2) is 35.3 Å². The SMILES string of the molecule is Cc1cccc(NC(=O)CN2C(=O)N[C@H](CC(C)C)C2=O)c1C. The number of benzene rings is 1. The molecular weight excluding hydrogens is 294 g/mol. The molecule has 1 fully saturated rings. The number of anilines is 1. The summed E-state index contributed by atoms with van der Waals surface area (Å²) in [5.41, 5.74) is 2.73. The number of aryl methyl sites for hydroxylation is 1. The highest BCUT2D eigenvalue weighted by atomic mass is 16.2. The molecule has 0 aliphatic carbocycles. The van der Waals surface area contributed by atoms with Crippen LogP contribution in [0.15, 0.2) is 18.2 Å². The first-order valence-corrected chi connectivity index (χ1v) is 7.77. The summed E-state index contributed by atoms with van der Waals surface area (Å²) >= 11 is 0. The molecule has 1 atom stereocenters. The first kappa shape index (κ1) is 17.0. The lowest BCUT2D eigenvalue weighted by atomic mass is 10.0. The maximum Gasteiger partial charge on any atom is 0.325 e. The van der Waals surface area contributed by atoms with Gasteiger partial charge in [-0.2, -0.15) is 0 Å². The molecule has 1 aliphatic heterocycles. The number of hydrogen-bond donors (Lipinski definition) is 2. The maximum atomic E-state index is 12.2. The molecule has 2 rings (SSSR count). The Balaban J connectivity index is 2.01. The Bertz CT molecular complexity index is 640. The van der Waals surface area contributed by atoms with Crippen LogP contribution in [0.1, 0.15) is 31.4 Å². The zero-order valence-corrected chi connectivity index (χ0v) is 14.0. The molecular formula is C17H23N3O3. The van der Waals surface area contributed by atoms with Crippen molar-refractivity contribution in [2.24, 2.45) is 5.92 Å². The second-order valence-corrected chi connectivity index (χ2v) is 6.35. The Hall–Kier alpha value is -2.37. The fourth-order valence-corrected chi connectivity index (χ4v) is 2.58. The lowest BCUT2D eigenvalue weighted by molar-refractivity contribution is -0.131. The van der Waals surface area contributed by atoms with E-state index in [0.717, 1.165) is 16.0 Å². The van der Waals surface area contributed by atoms with Crippen molar-refractivity contribution in [3.05, 3.63) is 29.3 Å². The third kappa shape index (κ3) is 3.88. The van der Waals surface area contributed by atoms with E-state index in [4.69, 9.17) is 0 Å². The van der Waals surface area contributed by atoms with Gasteiger partial charge in [0.05, 0.1) is 0 Å². The highest BCUT2D eigenvalue weighted by Crippen LogP contribution is 2.18. The number of carbonyl (C=O) groups excluding carboxylic acids is 3. The standard InChI is InChI=1S/C17H23N3O3/c1-10(2)8-14-16(22)20(17(23)19-14)9-15(21)18-13-7-5-6-11(3)12(13)4/h5-7,10,14H,8-9H2,1-4H3,(H,18,21)(H,19,23)/t14-/m1/s1. The molecule has 0 aromatic heterocycles. The first-order chi connectivity index (χ1) is 10.8. The summed E-state index contributed by atoms with van der Waals surface area (Å²) < 4.78 is 0. The molecule has 1 aliphatic rings. The molecule has 0 bridgehead atoms. The van der Waals surface area contributed by atoms with Gasteiger partial charge in [-0.3, -0.25) is 14.5 Å². The normalized spacial score (nSPS) is 17.6. The number of urea groups is 1. The van der Waals surface area contributed by atoms with Crippen LogP contribution in [-0.2, 0) is 9.59 Å². The monoisotopic (exact) mass is 317 g/mol. The number of carbonyl (C=O) groups is 3. The van der Waals surface area contributed by atoms with Crippen LogP contribution in [0.4, 0.5) is 10.5 Å². The Kier molecular flexibility index (Phi) is 5.03. The highest BCUT2D eigenvalue weighted by molar-refractivity contribution is 6.08. The predicted octanol–water partition coefficient (Wildman–Crippen LogP) is 2.21. The third-order valence-electron chi connectivity index (χ3n) is 3.99. The molecule has 0 unspecified atom stereocenters. The van der Waals surface area contributed by atoms with Gasteiger partial charge in [0.1, 0.15) is 12.6 Å². The quantitative estimate of drug-likeness (QED) is 0.817. The van der Waals surface area contributed by atoms with Crippen LogP contribution >= 0.6 is 0 Å². The van der Waals surface area contributed by atoms with Crippen molar-refractivity contribution in [2.45, 2.75) is 40.2 Å². The Morgan fingerprint density at radius 2 is 2.00 bits per heavy atom. The summed E-state index contributed by atoms with van der Waals surface area (Å²) in [6, 6.07) is 4.57. The van der Waals surface area contributed by atoms with E-state index in [1.807, 2.05) is 39.8 Å². The van der Waals surface area contributed by atoms with Crippen molar-refractivity contribution < 1.29 is 14.4 Å². The molecule has 1 saturated heterocycles. The van der Waals surface area contributed by atoms with Crippen LogP contribution in [0, 0.1) is 19.8 Å². The molecule has 124 valence electrons. The number of nitrogens with one attached hydrogen (secondary N) is 2. The number of nitrogens with zero attached hydrogens (tertiary/aromatic N) is 1. The zero-order valence-electron chi connectivity index (χ0n) is 14.0. The van der Waals surface area contributed by atoms with Crippen LogP contribution in [0.5, 0.6) is 0 Å². The highest BCUT2D eigenvalue weighted by Gasteiger charge is 2.38. The van der Waals surface area contributed by atoms with Gasteiger partial charge in [0.2, 0.25) is 5.91 Å². The average Bonchev–Trinajstić information content (AvgIpc) is 2.71. The van der Waals surface area contributed by atoms with Crippen molar-refractivity contribution in [3.63, 3.8) is 0 Å². The summed E-state index contributed by atoms with van der Waals surface area (Å²) in [4.78, 5) is 37.3. The minimum absolute atomic E-state index is 0.271. The van der Waals surface area contributed by atoms with E-state index in [0.29, 0.717) is 12.1 Å². The zero-order chi connectivity index (χ0) is 17.1.